The second-order valence-corrected chi connectivity index (χ2v) is 10.3. The van der Waals surface area contributed by atoms with Gasteiger partial charge in [0, 0.05) is 48.5 Å². The second kappa shape index (κ2) is 9.48. The van der Waals surface area contributed by atoms with Crippen LogP contribution in [0.3, 0.4) is 0 Å². The Balaban J connectivity index is 1.27. The molecule has 182 valence electrons. The summed E-state index contributed by atoms with van der Waals surface area (Å²) in [5.74, 6) is -0.213. The monoisotopic (exact) mass is 499 g/mol. The van der Waals surface area contributed by atoms with E-state index in [1.54, 1.807) is 11.3 Å². The molecule has 1 aromatic heterocycles. The highest BCUT2D eigenvalue weighted by molar-refractivity contribution is 7.24. The molecule has 0 spiro atoms. The number of nitrogens with zero attached hydrogens (tertiary/aromatic N) is 3. The quantitative estimate of drug-likeness (QED) is 0.317. The number of aryl methyl sites for hydroxylation is 1. The molecule has 0 bridgehead atoms. The largest absolute Gasteiger partial charge is 0.369 e. The van der Waals surface area contributed by atoms with Crippen molar-refractivity contribution in [3.05, 3.63) is 99.1 Å². The van der Waals surface area contributed by atoms with Crippen LogP contribution in [0.2, 0.25) is 0 Å². The molecule has 0 atom stereocenters. The Labute approximate surface area is 211 Å². The third kappa shape index (κ3) is 4.08. The Bertz CT molecular complexity index is 1690. The van der Waals surface area contributed by atoms with E-state index in [2.05, 4.69) is 20.4 Å². The van der Waals surface area contributed by atoms with Gasteiger partial charge in [-0.25, -0.2) is 4.39 Å². The average Bonchev–Trinajstić information content (AvgIpc) is 2.91. The molecule has 0 amide bonds. The first-order valence-electron chi connectivity index (χ1n) is 12.3. The van der Waals surface area contributed by atoms with E-state index in [9.17, 15) is 14.0 Å². The Kier molecular flexibility index (Phi) is 6.03. The van der Waals surface area contributed by atoms with Crippen LogP contribution in [0.15, 0.2) is 82.4 Å². The van der Waals surface area contributed by atoms with Crippen LogP contribution in [-0.2, 0) is 6.54 Å². The fourth-order valence-corrected chi connectivity index (χ4v) is 6.31. The lowest BCUT2D eigenvalue weighted by molar-refractivity contribution is 0.251. The minimum Gasteiger partial charge on any atom is -0.369 e. The first-order valence-corrected chi connectivity index (χ1v) is 13.1. The maximum absolute atomic E-state index is 13.2. The number of halogens is 1. The SMILES string of the molecule is O=c1c(=O)c2c1c1ccccc1sc1ccccc1n2CCCN1CCN(c2ccc(F)cc2)CC1. The molecule has 4 aromatic carbocycles. The van der Waals surface area contributed by atoms with Crippen LogP contribution in [0.4, 0.5) is 10.1 Å². The summed E-state index contributed by atoms with van der Waals surface area (Å²) in [6, 6.07) is 22.6. The maximum Gasteiger partial charge on any atom is 0.250 e. The molecule has 1 saturated heterocycles. The van der Waals surface area contributed by atoms with Crippen molar-refractivity contribution in [3.8, 4) is 0 Å². The molecular weight excluding hydrogens is 473 g/mol. The summed E-state index contributed by atoms with van der Waals surface area (Å²) in [5, 5.41) is 1.39. The summed E-state index contributed by atoms with van der Waals surface area (Å²) in [4.78, 5) is 30.3. The standard InChI is InChI=1S/C29H26FN3O2S/c30-20-10-12-21(13-11-20)32-18-16-31(17-19-32)14-5-15-33-23-7-2-4-9-25(23)36-24-8-3-1-6-22(24)26-27(33)29(35)28(26)34/h1-4,6-13H,5,14-19H2. The third-order valence-electron chi connectivity index (χ3n) is 7.11. The van der Waals surface area contributed by atoms with Gasteiger partial charge >= 0.3 is 0 Å². The van der Waals surface area contributed by atoms with Crippen LogP contribution in [0.25, 0.3) is 31.2 Å². The molecule has 0 unspecified atom stereocenters. The van der Waals surface area contributed by atoms with E-state index in [0.717, 1.165) is 65.1 Å². The van der Waals surface area contributed by atoms with Crippen molar-refractivity contribution in [1.82, 2.24) is 9.47 Å². The molecule has 0 N–H and O–H groups in total. The number of piperazine rings is 1. The highest BCUT2D eigenvalue weighted by atomic mass is 32.1. The second-order valence-electron chi connectivity index (χ2n) is 9.26. The number of aromatic nitrogens is 1. The van der Waals surface area contributed by atoms with Crippen LogP contribution < -0.4 is 15.8 Å². The summed E-state index contributed by atoms with van der Waals surface area (Å²) in [6.07, 6.45) is 0.870. The Morgan fingerprint density at radius 3 is 2.22 bits per heavy atom. The number of rotatable bonds is 5. The molecule has 7 heteroatoms. The molecule has 1 fully saturated rings. The van der Waals surface area contributed by atoms with Gasteiger partial charge in [0.15, 0.2) is 0 Å². The van der Waals surface area contributed by atoms with Gasteiger partial charge in [0.05, 0.1) is 15.6 Å². The zero-order valence-corrected chi connectivity index (χ0v) is 20.6. The lowest BCUT2D eigenvalue weighted by Crippen LogP contribution is -2.46. The van der Waals surface area contributed by atoms with Gasteiger partial charge < -0.3 is 9.47 Å². The average molecular weight is 500 g/mol. The molecule has 0 aliphatic carbocycles. The van der Waals surface area contributed by atoms with Crippen molar-refractivity contribution in [1.29, 1.82) is 0 Å². The van der Waals surface area contributed by atoms with E-state index in [4.69, 9.17) is 0 Å². The van der Waals surface area contributed by atoms with E-state index in [-0.39, 0.29) is 11.2 Å². The zero-order valence-electron chi connectivity index (χ0n) is 19.8. The molecule has 0 saturated carbocycles. The molecule has 5 nitrogen and oxygen atoms in total. The van der Waals surface area contributed by atoms with Crippen molar-refractivity contribution in [2.24, 2.45) is 0 Å². The number of para-hydroxylation sites is 1. The van der Waals surface area contributed by atoms with Gasteiger partial charge in [0.25, 0.3) is 5.43 Å². The normalized spacial score (nSPS) is 14.8. The molecule has 1 aliphatic heterocycles. The highest BCUT2D eigenvalue weighted by Crippen LogP contribution is 2.29. The Morgan fingerprint density at radius 1 is 0.750 bits per heavy atom. The summed E-state index contributed by atoms with van der Waals surface area (Å²) < 4.78 is 17.4. The lowest BCUT2D eigenvalue weighted by Gasteiger charge is -2.36. The first kappa shape index (κ1) is 22.9. The third-order valence-corrected chi connectivity index (χ3v) is 8.25. The van der Waals surface area contributed by atoms with E-state index < -0.39 is 5.43 Å². The van der Waals surface area contributed by atoms with E-state index in [1.807, 2.05) is 54.6 Å². The van der Waals surface area contributed by atoms with Crippen LogP contribution in [0, 0.1) is 5.82 Å². The number of anilines is 1. The molecule has 2 heterocycles. The molecule has 5 aromatic rings. The predicted molar refractivity (Wildman–Crippen MR) is 147 cm³/mol. The first-order chi connectivity index (χ1) is 17.6. The zero-order chi connectivity index (χ0) is 24.6. The number of hydrogen-bond acceptors (Lipinski definition) is 5. The Hall–Kier alpha value is -3.55. The van der Waals surface area contributed by atoms with Gasteiger partial charge in [-0.3, -0.25) is 14.5 Å². The minimum absolute atomic E-state index is 0.213. The smallest absolute Gasteiger partial charge is 0.250 e. The molecular formula is C29H26FN3O2S. The lowest BCUT2D eigenvalue weighted by atomic mass is 10.1. The van der Waals surface area contributed by atoms with Crippen LogP contribution >= 0.6 is 11.3 Å². The van der Waals surface area contributed by atoms with Crippen LogP contribution in [-0.4, -0.2) is 42.2 Å². The summed E-state index contributed by atoms with van der Waals surface area (Å²) in [6.45, 7) is 5.23. The fourth-order valence-electron chi connectivity index (χ4n) is 5.22. The van der Waals surface area contributed by atoms with Crippen LogP contribution in [0.5, 0.6) is 0 Å². The Morgan fingerprint density at radius 2 is 1.44 bits per heavy atom. The number of benzene rings is 3. The van der Waals surface area contributed by atoms with Crippen LogP contribution in [0.1, 0.15) is 6.42 Å². The van der Waals surface area contributed by atoms with Gasteiger partial charge in [-0.15, -0.1) is 11.3 Å². The van der Waals surface area contributed by atoms with Gasteiger partial charge in [0.2, 0.25) is 5.43 Å². The highest BCUT2D eigenvalue weighted by Gasteiger charge is 2.20. The van der Waals surface area contributed by atoms with Crippen molar-refractivity contribution < 1.29 is 4.39 Å². The summed E-state index contributed by atoms with van der Waals surface area (Å²) in [5.41, 5.74) is 1.78. The fraction of sp³-hybridized carbons (Fsp3) is 0.241. The van der Waals surface area contributed by atoms with Gasteiger partial charge in [-0.2, -0.15) is 0 Å². The van der Waals surface area contributed by atoms with E-state index >= 15 is 0 Å². The predicted octanol–water partition coefficient (Wildman–Crippen LogP) is 5.08. The van der Waals surface area contributed by atoms with Gasteiger partial charge in [0.1, 0.15) is 11.3 Å². The van der Waals surface area contributed by atoms with Gasteiger partial charge in [-0.05, 0) is 55.4 Å². The van der Waals surface area contributed by atoms with E-state index in [0.29, 0.717) is 17.4 Å². The van der Waals surface area contributed by atoms with Crippen molar-refractivity contribution in [2.75, 3.05) is 37.6 Å². The molecule has 36 heavy (non-hydrogen) atoms. The number of fused-ring (bicyclic) bond motifs is 4. The van der Waals surface area contributed by atoms with Crippen molar-refractivity contribution in [2.45, 2.75) is 13.0 Å². The molecule has 6 rings (SSSR count). The van der Waals surface area contributed by atoms with E-state index in [1.165, 1.54) is 12.1 Å². The maximum atomic E-state index is 13.2. The summed E-state index contributed by atoms with van der Waals surface area (Å²) in [7, 11) is 0. The molecule has 0 radical (unpaired) electrons. The number of hydrogen-bond donors (Lipinski definition) is 0. The van der Waals surface area contributed by atoms with Crippen molar-refractivity contribution in [3.63, 3.8) is 0 Å². The topological polar surface area (TPSA) is 45.6 Å². The summed E-state index contributed by atoms with van der Waals surface area (Å²) >= 11 is 1.65. The minimum atomic E-state index is -0.394. The van der Waals surface area contributed by atoms with Gasteiger partial charge in [-0.1, -0.05) is 30.3 Å². The molecule has 1 aliphatic rings. The van der Waals surface area contributed by atoms with Crippen molar-refractivity contribution >= 4 is 48.2 Å².